The quantitative estimate of drug-likeness (QED) is 0.662. The Morgan fingerprint density at radius 3 is 2.48 bits per heavy atom. The molecule has 2 unspecified atom stereocenters. The highest BCUT2D eigenvalue weighted by molar-refractivity contribution is 5.68. The SMILES string of the molecule is CC(C)C[C@H](NC(=O)OC(C)(C)C)C1ON(Cc2ccccc2)CC1OC(=O)O. The van der Waals surface area contributed by atoms with E-state index in [9.17, 15) is 9.59 Å². The van der Waals surface area contributed by atoms with Gasteiger partial charge in [-0.1, -0.05) is 44.2 Å². The number of nitrogens with one attached hydrogen (secondary N) is 1. The maximum Gasteiger partial charge on any atom is 0.506 e. The zero-order valence-corrected chi connectivity index (χ0v) is 17.8. The van der Waals surface area contributed by atoms with Gasteiger partial charge in [-0.05, 0) is 38.7 Å². The van der Waals surface area contributed by atoms with E-state index in [1.807, 2.05) is 44.2 Å². The fourth-order valence-corrected chi connectivity index (χ4v) is 3.28. The third-order valence-corrected chi connectivity index (χ3v) is 4.30. The van der Waals surface area contributed by atoms with Crippen LogP contribution < -0.4 is 5.32 Å². The Morgan fingerprint density at radius 1 is 1.28 bits per heavy atom. The van der Waals surface area contributed by atoms with Gasteiger partial charge in [0.25, 0.3) is 0 Å². The molecule has 1 aliphatic heterocycles. The highest BCUT2D eigenvalue weighted by Crippen LogP contribution is 2.26. The van der Waals surface area contributed by atoms with E-state index in [4.69, 9.17) is 19.4 Å². The van der Waals surface area contributed by atoms with Crippen molar-refractivity contribution in [3.05, 3.63) is 35.9 Å². The number of hydroxylamine groups is 2. The van der Waals surface area contributed by atoms with Crippen molar-refractivity contribution < 1.29 is 29.0 Å². The lowest BCUT2D eigenvalue weighted by Crippen LogP contribution is -2.50. The second kappa shape index (κ2) is 9.93. The summed E-state index contributed by atoms with van der Waals surface area (Å²) in [5, 5.41) is 13.7. The van der Waals surface area contributed by atoms with Crippen molar-refractivity contribution in [1.29, 1.82) is 0 Å². The van der Waals surface area contributed by atoms with E-state index < -0.39 is 36.1 Å². The summed E-state index contributed by atoms with van der Waals surface area (Å²) >= 11 is 0. The van der Waals surface area contributed by atoms with Crippen molar-refractivity contribution in [3.8, 4) is 0 Å². The minimum absolute atomic E-state index is 0.243. The fraction of sp³-hybridized carbons (Fsp3) is 0.619. The van der Waals surface area contributed by atoms with Crippen molar-refractivity contribution >= 4 is 12.2 Å². The Balaban J connectivity index is 2.15. The molecule has 8 heteroatoms. The van der Waals surface area contributed by atoms with E-state index in [-0.39, 0.29) is 12.5 Å². The van der Waals surface area contributed by atoms with E-state index in [1.165, 1.54) is 0 Å². The van der Waals surface area contributed by atoms with Crippen molar-refractivity contribution in [2.24, 2.45) is 5.92 Å². The van der Waals surface area contributed by atoms with E-state index in [0.29, 0.717) is 13.0 Å². The Labute approximate surface area is 172 Å². The molecule has 8 nitrogen and oxygen atoms in total. The monoisotopic (exact) mass is 408 g/mol. The molecule has 0 aromatic heterocycles. The Kier molecular flexibility index (Phi) is 7.87. The van der Waals surface area contributed by atoms with E-state index in [1.54, 1.807) is 25.8 Å². The number of benzene rings is 1. The van der Waals surface area contributed by atoms with Crippen molar-refractivity contribution in [1.82, 2.24) is 10.4 Å². The zero-order chi connectivity index (χ0) is 21.6. The average Bonchev–Trinajstić information content (AvgIpc) is 2.94. The molecule has 1 aliphatic rings. The summed E-state index contributed by atoms with van der Waals surface area (Å²) in [6.45, 7) is 10.2. The van der Waals surface area contributed by atoms with E-state index >= 15 is 0 Å². The topological polar surface area (TPSA) is 97.3 Å². The molecule has 1 aromatic carbocycles. The molecule has 0 radical (unpaired) electrons. The van der Waals surface area contributed by atoms with Crippen LogP contribution in [0.25, 0.3) is 0 Å². The minimum Gasteiger partial charge on any atom is -0.450 e. The summed E-state index contributed by atoms with van der Waals surface area (Å²) in [4.78, 5) is 29.6. The normalized spacial score (nSPS) is 21.0. The second-order valence-electron chi connectivity index (χ2n) is 8.68. The standard InChI is InChI=1S/C21H32N2O6/c1-14(2)11-16(22-19(24)28-21(3,4)5)18-17(27-20(25)26)13-23(29-18)12-15-9-7-6-8-10-15/h6-10,14,16-18H,11-13H2,1-5H3,(H,22,24)(H,25,26)/t16-,17?,18?/m0/s1. The van der Waals surface area contributed by atoms with Gasteiger partial charge in [0.05, 0.1) is 12.6 Å². The molecule has 1 aromatic rings. The van der Waals surface area contributed by atoms with Crippen LogP contribution in [0.4, 0.5) is 9.59 Å². The van der Waals surface area contributed by atoms with Gasteiger partial charge in [-0.2, -0.15) is 5.06 Å². The van der Waals surface area contributed by atoms with Crippen LogP contribution in [-0.4, -0.2) is 52.8 Å². The Bertz CT molecular complexity index is 673. The van der Waals surface area contributed by atoms with Crippen molar-refractivity contribution in [3.63, 3.8) is 0 Å². The molecule has 1 amide bonds. The van der Waals surface area contributed by atoms with Crippen LogP contribution in [0.3, 0.4) is 0 Å². The molecule has 3 atom stereocenters. The Morgan fingerprint density at radius 2 is 1.93 bits per heavy atom. The van der Waals surface area contributed by atoms with Gasteiger partial charge in [0.15, 0.2) is 6.10 Å². The molecule has 162 valence electrons. The van der Waals surface area contributed by atoms with Crippen LogP contribution in [0.5, 0.6) is 0 Å². The number of amides is 1. The van der Waals surface area contributed by atoms with Gasteiger partial charge in [-0.3, -0.25) is 4.84 Å². The molecule has 0 aliphatic carbocycles. The van der Waals surface area contributed by atoms with Gasteiger partial charge < -0.3 is 19.9 Å². The van der Waals surface area contributed by atoms with Gasteiger partial charge in [0, 0.05) is 6.54 Å². The first-order valence-corrected chi connectivity index (χ1v) is 9.88. The number of ether oxygens (including phenoxy) is 2. The maximum atomic E-state index is 12.3. The van der Waals surface area contributed by atoms with Crippen molar-refractivity contribution in [2.45, 2.75) is 71.4 Å². The highest BCUT2D eigenvalue weighted by Gasteiger charge is 2.43. The summed E-state index contributed by atoms with van der Waals surface area (Å²) in [6.07, 6.45) is -2.73. The molecule has 1 fully saturated rings. The molecule has 0 spiro atoms. The second-order valence-corrected chi connectivity index (χ2v) is 8.68. The lowest BCUT2D eigenvalue weighted by Gasteiger charge is -2.29. The maximum absolute atomic E-state index is 12.3. The van der Waals surface area contributed by atoms with Crippen LogP contribution in [0.15, 0.2) is 30.3 Å². The molecule has 0 saturated carbocycles. The first-order valence-electron chi connectivity index (χ1n) is 9.88. The molecule has 29 heavy (non-hydrogen) atoms. The molecule has 0 bridgehead atoms. The zero-order valence-electron chi connectivity index (χ0n) is 17.8. The third kappa shape index (κ3) is 7.91. The molecular weight excluding hydrogens is 376 g/mol. The molecule has 2 rings (SSSR count). The van der Waals surface area contributed by atoms with Gasteiger partial charge in [-0.15, -0.1) is 0 Å². The van der Waals surface area contributed by atoms with Crippen LogP contribution in [0, 0.1) is 5.92 Å². The number of rotatable bonds is 7. The first kappa shape index (κ1) is 23.0. The summed E-state index contributed by atoms with van der Waals surface area (Å²) in [6, 6.07) is 9.26. The number of nitrogens with zero attached hydrogens (tertiary/aromatic N) is 1. The lowest BCUT2D eigenvalue weighted by atomic mass is 9.96. The van der Waals surface area contributed by atoms with Crippen molar-refractivity contribution in [2.75, 3.05) is 6.54 Å². The molecule has 1 heterocycles. The van der Waals surface area contributed by atoms with Crippen LogP contribution >= 0.6 is 0 Å². The predicted molar refractivity (Wildman–Crippen MR) is 107 cm³/mol. The Hall–Kier alpha value is -2.32. The number of carboxylic acid groups (broad SMARTS) is 1. The van der Waals surface area contributed by atoms with Gasteiger partial charge in [0.2, 0.25) is 0 Å². The summed E-state index contributed by atoms with van der Waals surface area (Å²) in [5.74, 6) is 0.243. The number of carbonyl (C=O) groups excluding carboxylic acids is 1. The van der Waals surface area contributed by atoms with Gasteiger partial charge in [0.1, 0.15) is 11.7 Å². The lowest BCUT2D eigenvalue weighted by molar-refractivity contribution is -0.165. The molecular formula is C21H32N2O6. The minimum atomic E-state index is -1.37. The van der Waals surface area contributed by atoms with Gasteiger partial charge in [-0.25, -0.2) is 9.59 Å². The smallest absolute Gasteiger partial charge is 0.450 e. The third-order valence-electron chi connectivity index (χ3n) is 4.30. The number of hydrogen-bond acceptors (Lipinski definition) is 6. The molecule has 2 N–H and O–H groups in total. The van der Waals surface area contributed by atoms with Crippen LogP contribution in [-0.2, 0) is 20.9 Å². The summed E-state index contributed by atoms with van der Waals surface area (Å²) < 4.78 is 10.5. The number of hydrogen-bond donors (Lipinski definition) is 2. The fourth-order valence-electron chi connectivity index (χ4n) is 3.28. The highest BCUT2D eigenvalue weighted by atomic mass is 16.7. The van der Waals surface area contributed by atoms with E-state index in [0.717, 1.165) is 5.56 Å². The average molecular weight is 408 g/mol. The summed E-state index contributed by atoms with van der Waals surface area (Å²) in [7, 11) is 0. The number of carbonyl (C=O) groups is 2. The van der Waals surface area contributed by atoms with Crippen LogP contribution in [0.2, 0.25) is 0 Å². The predicted octanol–water partition coefficient (Wildman–Crippen LogP) is 3.81. The largest absolute Gasteiger partial charge is 0.506 e. The number of alkyl carbamates (subject to hydrolysis) is 1. The first-order chi connectivity index (χ1) is 13.5. The summed E-state index contributed by atoms with van der Waals surface area (Å²) in [5.41, 5.74) is 0.391. The molecule has 1 saturated heterocycles. The van der Waals surface area contributed by atoms with Gasteiger partial charge >= 0.3 is 12.2 Å². The van der Waals surface area contributed by atoms with Crippen LogP contribution in [0.1, 0.15) is 46.6 Å². The van der Waals surface area contributed by atoms with E-state index in [2.05, 4.69) is 5.32 Å².